The zero-order valence-electron chi connectivity index (χ0n) is 8.97. The summed E-state index contributed by atoms with van der Waals surface area (Å²) >= 11 is 5.67. The summed E-state index contributed by atoms with van der Waals surface area (Å²) in [5.74, 6) is 0.692. The molecule has 3 heteroatoms. The van der Waals surface area contributed by atoms with Crippen LogP contribution in [-0.2, 0) is 0 Å². The van der Waals surface area contributed by atoms with E-state index >= 15 is 0 Å². The van der Waals surface area contributed by atoms with Crippen LogP contribution in [0.4, 0.5) is 5.69 Å². The predicted octanol–water partition coefficient (Wildman–Crippen LogP) is 3.13. The fourth-order valence-electron chi connectivity index (χ4n) is 1.44. The molecule has 1 rings (SSSR count). The Balaban J connectivity index is 2.66. The molecule has 0 saturated heterocycles. The van der Waals surface area contributed by atoms with E-state index in [1.54, 1.807) is 0 Å². The van der Waals surface area contributed by atoms with Crippen molar-refractivity contribution in [2.75, 3.05) is 11.2 Å². The topological polar surface area (TPSA) is 24.9 Å². The van der Waals surface area contributed by atoms with Crippen LogP contribution in [0.15, 0.2) is 12.1 Å². The minimum Gasteiger partial charge on any atom is -0.382 e. The molecule has 0 aliphatic rings. The number of nitrogens with zero attached hydrogens (tertiary/aromatic N) is 1. The molecule has 0 spiro atoms. The van der Waals surface area contributed by atoms with Gasteiger partial charge in [0, 0.05) is 29.0 Å². The van der Waals surface area contributed by atoms with E-state index < -0.39 is 0 Å². The second-order valence-electron chi connectivity index (χ2n) is 3.66. The molecule has 2 nitrogen and oxygen atoms in total. The second-order valence-corrected chi connectivity index (χ2v) is 4.04. The van der Waals surface area contributed by atoms with Crippen molar-refractivity contribution in [1.29, 1.82) is 0 Å². The number of nitrogens with one attached hydrogen (secondary N) is 1. The Morgan fingerprint density at radius 3 is 2.43 bits per heavy atom. The van der Waals surface area contributed by atoms with E-state index in [0.29, 0.717) is 11.9 Å². The highest BCUT2D eigenvalue weighted by atomic mass is 35.5. The summed E-state index contributed by atoms with van der Waals surface area (Å²) in [5, 5.41) is 3.40. The molecular formula is C11H17ClN2. The highest BCUT2D eigenvalue weighted by Crippen LogP contribution is 2.12. The van der Waals surface area contributed by atoms with Crippen LogP contribution < -0.4 is 5.32 Å². The maximum absolute atomic E-state index is 5.67. The van der Waals surface area contributed by atoms with Gasteiger partial charge in [0.1, 0.15) is 0 Å². The Morgan fingerprint density at radius 2 is 1.93 bits per heavy atom. The number of pyridine rings is 1. The fourth-order valence-corrected chi connectivity index (χ4v) is 1.77. The minimum absolute atomic E-state index is 0.411. The number of halogens is 1. The van der Waals surface area contributed by atoms with E-state index in [9.17, 15) is 0 Å². The summed E-state index contributed by atoms with van der Waals surface area (Å²) in [6.07, 6.45) is 0.974. The van der Waals surface area contributed by atoms with Gasteiger partial charge in [0.15, 0.2) is 0 Å². The van der Waals surface area contributed by atoms with Gasteiger partial charge >= 0.3 is 0 Å². The fraction of sp³-hybridized carbons (Fsp3) is 0.545. The van der Waals surface area contributed by atoms with Gasteiger partial charge in [0.2, 0.25) is 0 Å². The summed E-state index contributed by atoms with van der Waals surface area (Å²) in [5.41, 5.74) is 3.23. The van der Waals surface area contributed by atoms with Gasteiger partial charge < -0.3 is 5.32 Å². The molecule has 1 N–H and O–H groups in total. The largest absolute Gasteiger partial charge is 0.382 e. The van der Waals surface area contributed by atoms with Crippen LogP contribution in [0.25, 0.3) is 0 Å². The number of hydrogen-bond donors (Lipinski definition) is 1. The quantitative estimate of drug-likeness (QED) is 0.776. The second kappa shape index (κ2) is 5.20. The van der Waals surface area contributed by atoms with Crippen molar-refractivity contribution in [3.8, 4) is 0 Å². The van der Waals surface area contributed by atoms with Crippen LogP contribution in [0.1, 0.15) is 24.7 Å². The van der Waals surface area contributed by atoms with Crippen molar-refractivity contribution in [1.82, 2.24) is 4.98 Å². The lowest BCUT2D eigenvalue weighted by Crippen LogP contribution is -2.15. The van der Waals surface area contributed by atoms with E-state index in [4.69, 9.17) is 11.6 Å². The van der Waals surface area contributed by atoms with Crippen molar-refractivity contribution in [3.05, 3.63) is 23.5 Å². The number of aromatic nitrogens is 1. The first-order chi connectivity index (χ1) is 6.61. The van der Waals surface area contributed by atoms with Crippen LogP contribution in [0.3, 0.4) is 0 Å². The Labute approximate surface area is 90.7 Å². The molecule has 1 unspecified atom stereocenters. The maximum atomic E-state index is 5.67. The van der Waals surface area contributed by atoms with Crippen LogP contribution in [0.2, 0.25) is 0 Å². The Morgan fingerprint density at radius 1 is 1.36 bits per heavy atom. The van der Waals surface area contributed by atoms with Crippen molar-refractivity contribution >= 4 is 17.3 Å². The molecule has 78 valence electrons. The molecule has 0 aliphatic heterocycles. The summed E-state index contributed by atoms with van der Waals surface area (Å²) in [4.78, 5) is 4.32. The molecule has 1 aromatic rings. The molecule has 0 saturated carbocycles. The number of alkyl halides is 1. The van der Waals surface area contributed by atoms with E-state index in [2.05, 4.69) is 29.4 Å². The van der Waals surface area contributed by atoms with E-state index in [1.807, 2.05) is 13.8 Å². The van der Waals surface area contributed by atoms with E-state index in [-0.39, 0.29) is 0 Å². The van der Waals surface area contributed by atoms with E-state index in [0.717, 1.165) is 23.5 Å². The van der Waals surface area contributed by atoms with Gasteiger partial charge in [0.25, 0.3) is 0 Å². The minimum atomic E-state index is 0.411. The highest BCUT2D eigenvalue weighted by Gasteiger charge is 2.02. The van der Waals surface area contributed by atoms with Gasteiger partial charge in [-0.2, -0.15) is 0 Å². The smallest absolute Gasteiger partial charge is 0.0396 e. The van der Waals surface area contributed by atoms with Crippen molar-refractivity contribution < 1.29 is 0 Å². The van der Waals surface area contributed by atoms with Crippen LogP contribution in [-0.4, -0.2) is 16.9 Å². The number of hydrogen-bond acceptors (Lipinski definition) is 2. The first-order valence-corrected chi connectivity index (χ1v) is 5.43. The van der Waals surface area contributed by atoms with Crippen molar-refractivity contribution in [3.63, 3.8) is 0 Å². The van der Waals surface area contributed by atoms with Gasteiger partial charge in [0.05, 0.1) is 0 Å². The first kappa shape index (κ1) is 11.3. The molecule has 0 amide bonds. The lowest BCUT2D eigenvalue weighted by Gasteiger charge is -2.14. The highest BCUT2D eigenvalue weighted by molar-refractivity contribution is 6.17. The van der Waals surface area contributed by atoms with Crippen LogP contribution in [0.5, 0.6) is 0 Å². The van der Waals surface area contributed by atoms with Crippen molar-refractivity contribution in [2.24, 2.45) is 0 Å². The predicted molar refractivity (Wildman–Crippen MR) is 62.1 cm³/mol. The average Bonchev–Trinajstić information content (AvgIpc) is 2.01. The summed E-state index contributed by atoms with van der Waals surface area (Å²) < 4.78 is 0. The molecule has 0 bridgehead atoms. The van der Waals surface area contributed by atoms with Gasteiger partial charge in [-0.25, -0.2) is 0 Å². The van der Waals surface area contributed by atoms with Crippen LogP contribution >= 0.6 is 11.6 Å². The summed E-state index contributed by atoms with van der Waals surface area (Å²) in [6.45, 7) is 6.14. The SMILES string of the molecule is Cc1cc(NC(C)CCCl)cc(C)n1. The van der Waals surface area contributed by atoms with Crippen molar-refractivity contribution in [2.45, 2.75) is 33.2 Å². The number of anilines is 1. The maximum Gasteiger partial charge on any atom is 0.0396 e. The van der Waals surface area contributed by atoms with Gasteiger partial charge in [-0.3, -0.25) is 4.98 Å². The molecular weight excluding hydrogens is 196 g/mol. The summed E-state index contributed by atoms with van der Waals surface area (Å²) in [6, 6.07) is 4.52. The molecule has 14 heavy (non-hydrogen) atoms. The third-order valence-corrected chi connectivity index (χ3v) is 2.25. The standard InChI is InChI=1S/C11H17ClN2/c1-8(4-5-12)14-11-6-9(2)13-10(3)7-11/h6-8H,4-5H2,1-3H3,(H,13,14). The van der Waals surface area contributed by atoms with Gasteiger partial charge in [-0.1, -0.05) is 0 Å². The monoisotopic (exact) mass is 212 g/mol. The zero-order valence-corrected chi connectivity index (χ0v) is 9.73. The lowest BCUT2D eigenvalue weighted by molar-refractivity contribution is 0.768. The molecule has 0 aliphatic carbocycles. The third-order valence-electron chi connectivity index (χ3n) is 2.04. The molecule has 0 fully saturated rings. The first-order valence-electron chi connectivity index (χ1n) is 4.89. The molecule has 1 heterocycles. The average molecular weight is 213 g/mol. The zero-order chi connectivity index (χ0) is 10.6. The normalized spacial score (nSPS) is 12.6. The molecule has 0 radical (unpaired) electrons. The number of aryl methyl sites for hydroxylation is 2. The summed E-state index contributed by atoms with van der Waals surface area (Å²) in [7, 11) is 0. The van der Waals surface area contributed by atoms with Crippen LogP contribution in [0, 0.1) is 13.8 Å². The third kappa shape index (κ3) is 3.54. The Bertz CT molecular complexity index is 279. The Kier molecular flexibility index (Phi) is 4.21. The van der Waals surface area contributed by atoms with Gasteiger partial charge in [-0.05, 0) is 39.3 Å². The van der Waals surface area contributed by atoms with E-state index in [1.165, 1.54) is 0 Å². The molecule has 1 atom stereocenters. The molecule has 0 aromatic carbocycles. The molecule has 1 aromatic heterocycles. The Hall–Kier alpha value is -0.760. The van der Waals surface area contributed by atoms with Gasteiger partial charge in [-0.15, -0.1) is 11.6 Å². The lowest BCUT2D eigenvalue weighted by atomic mass is 10.2. The number of rotatable bonds is 4.